The summed E-state index contributed by atoms with van der Waals surface area (Å²) in [6.45, 7) is 0. The van der Waals surface area contributed by atoms with Crippen LogP contribution in [0.25, 0.3) is 12.2 Å². The number of nitrogens with two attached hydrogens (primary N) is 1. The predicted octanol–water partition coefficient (Wildman–Crippen LogP) is 4.75. The summed E-state index contributed by atoms with van der Waals surface area (Å²) >= 11 is 11.9. The smallest absolute Gasteiger partial charge is 0.0493 e. The molecule has 0 spiro atoms. The highest BCUT2D eigenvalue weighted by Crippen LogP contribution is 2.22. The average molecular weight is 264 g/mol. The van der Waals surface area contributed by atoms with E-state index in [1.165, 1.54) is 0 Å². The Balaban J connectivity index is 2.23. The van der Waals surface area contributed by atoms with Gasteiger partial charge < -0.3 is 5.73 Å². The monoisotopic (exact) mass is 263 g/mol. The van der Waals surface area contributed by atoms with Gasteiger partial charge in [0.15, 0.2) is 0 Å². The molecule has 2 rings (SSSR count). The third kappa shape index (κ3) is 3.26. The van der Waals surface area contributed by atoms with Crippen molar-refractivity contribution < 1.29 is 0 Å². The standard InChI is InChI=1S/C14H11Cl2N/c15-12-6-5-11(14(16)9-12)4-1-10-2-7-13(17)8-3-10/h1-9H,17H2/b4-1+. The van der Waals surface area contributed by atoms with Crippen LogP contribution in [0.15, 0.2) is 42.5 Å². The van der Waals surface area contributed by atoms with Gasteiger partial charge >= 0.3 is 0 Å². The Bertz CT molecular complexity index is 545. The van der Waals surface area contributed by atoms with Crippen molar-refractivity contribution in [3.63, 3.8) is 0 Å². The first-order valence-electron chi connectivity index (χ1n) is 5.14. The minimum atomic E-state index is 0.639. The van der Waals surface area contributed by atoms with Crippen LogP contribution in [0.5, 0.6) is 0 Å². The Morgan fingerprint density at radius 3 is 2.24 bits per heavy atom. The highest BCUT2D eigenvalue weighted by molar-refractivity contribution is 6.35. The van der Waals surface area contributed by atoms with Crippen molar-refractivity contribution in [2.24, 2.45) is 0 Å². The zero-order valence-corrected chi connectivity index (χ0v) is 10.5. The summed E-state index contributed by atoms with van der Waals surface area (Å²) in [6.07, 6.45) is 3.93. The van der Waals surface area contributed by atoms with E-state index in [0.717, 1.165) is 16.8 Å². The molecule has 86 valence electrons. The topological polar surface area (TPSA) is 26.0 Å². The van der Waals surface area contributed by atoms with E-state index in [-0.39, 0.29) is 0 Å². The first kappa shape index (κ1) is 12.0. The van der Waals surface area contributed by atoms with Gasteiger partial charge in [0.1, 0.15) is 0 Å². The van der Waals surface area contributed by atoms with Crippen LogP contribution in [-0.4, -0.2) is 0 Å². The fraction of sp³-hybridized carbons (Fsp3) is 0. The Kier molecular flexibility index (Phi) is 3.72. The van der Waals surface area contributed by atoms with Crippen LogP contribution < -0.4 is 5.73 Å². The molecule has 2 N–H and O–H groups in total. The second kappa shape index (κ2) is 5.26. The van der Waals surface area contributed by atoms with Crippen molar-refractivity contribution in [1.82, 2.24) is 0 Å². The first-order chi connectivity index (χ1) is 8.15. The lowest BCUT2D eigenvalue weighted by Crippen LogP contribution is -1.82. The summed E-state index contributed by atoms with van der Waals surface area (Å²) in [4.78, 5) is 0. The number of rotatable bonds is 2. The quantitative estimate of drug-likeness (QED) is 0.615. The highest BCUT2D eigenvalue weighted by Gasteiger charge is 1.97. The first-order valence-corrected chi connectivity index (χ1v) is 5.89. The number of halogens is 2. The van der Waals surface area contributed by atoms with Crippen molar-refractivity contribution in [1.29, 1.82) is 0 Å². The lowest BCUT2D eigenvalue weighted by molar-refractivity contribution is 1.63. The third-order valence-electron chi connectivity index (χ3n) is 2.35. The fourth-order valence-electron chi connectivity index (χ4n) is 1.43. The minimum Gasteiger partial charge on any atom is -0.399 e. The van der Waals surface area contributed by atoms with E-state index in [1.807, 2.05) is 48.6 Å². The molecule has 3 heteroatoms. The maximum absolute atomic E-state index is 6.07. The average Bonchev–Trinajstić information content (AvgIpc) is 2.30. The Hall–Kier alpha value is -1.44. The second-order valence-corrected chi connectivity index (χ2v) is 4.51. The van der Waals surface area contributed by atoms with Crippen molar-refractivity contribution >= 4 is 41.0 Å². The van der Waals surface area contributed by atoms with E-state index in [4.69, 9.17) is 28.9 Å². The summed E-state index contributed by atoms with van der Waals surface area (Å²) in [5.41, 5.74) is 8.38. The summed E-state index contributed by atoms with van der Waals surface area (Å²) in [6, 6.07) is 13.1. The van der Waals surface area contributed by atoms with Gasteiger partial charge in [0, 0.05) is 15.7 Å². The van der Waals surface area contributed by atoms with Gasteiger partial charge in [0.2, 0.25) is 0 Å². The van der Waals surface area contributed by atoms with Crippen LogP contribution >= 0.6 is 23.2 Å². The molecule has 0 aromatic heterocycles. The van der Waals surface area contributed by atoms with Gasteiger partial charge in [-0.25, -0.2) is 0 Å². The van der Waals surface area contributed by atoms with Crippen LogP contribution in [0.2, 0.25) is 10.0 Å². The highest BCUT2D eigenvalue weighted by atomic mass is 35.5. The molecule has 0 saturated carbocycles. The lowest BCUT2D eigenvalue weighted by Gasteiger charge is -1.99. The molecule has 0 amide bonds. The third-order valence-corrected chi connectivity index (χ3v) is 2.92. The molecule has 0 aliphatic heterocycles. The van der Waals surface area contributed by atoms with Crippen LogP contribution in [0.4, 0.5) is 5.69 Å². The molecule has 0 aliphatic carbocycles. The minimum absolute atomic E-state index is 0.639. The fourth-order valence-corrected chi connectivity index (χ4v) is 1.90. The molecule has 0 aliphatic rings. The lowest BCUT2D eigenvalue weighted by atomic mass is 10.1. The van der Waals surface area contributed by atoms with Crippen molar-refractivity contribution in [3.05, 3.63) is 63.6 Å². The molecule has 2 aromatic carbocycles. The SMILES string of the molecule is Nc1ccc(/C=C/c2ccc(Cl)cc2Cl)cc1. The zero-order valence-electron chi connectivity index (χ0n) is 9.03. The molecule has 0 bridgehead atoms. The van der Waals surface area contributed by atoms with E-state index in [2.05, 4.69) is 0 Å². The predicted molar refractivity (Wildman–Crippen MR) is 76.2 cm³/mol. The van der Waals surface area contributed by atoms with Crippen molar-refractivity contribution in [2.45, 2.75) is 0 Å². The molecule has 2 aromatic rings. The van der Waals surface area contributed by atoms with Gasteiger partial charge in [0.25, 0.3) is 0 Å². The molecule has 0 radical (unpaired) electrons. The van der Waals surface area contributed by atoms with Gasteiger partial charge in [-0.3, -0.25) is 0 Å². The second-order valence-electron chi connectivity index (χ2n) is 3.67. The van der Waals surface area contributed by atoms with Crippen LogP contribution in [0.1, 0.15) is 11.1 Å². The number of hydrogen-bond donors (Lipinski definition) is 1. The molecule has 0 heterocycles. The summed E-state index contributed by atoms with van der Waals surface area (Å²) in [5, 5.41) is 1.28. The van der Waals surface area contributed by atoms with Gasteiger partial charge in [-0.1, -0.05) is 53.6 Å². The van der Waals surface area contributed by atoms with E-state index in [0.29, 0.717) is 10.0 Å². The Morgan fingerprint density at radius 1 is 0.882 bits per heavy atom. The van der Waals surface area contributed by atoms with Crippen LogP contribution in [-0.2, 0) is 0 Å². The molecular formula is C14H11Cl2N. The number of benzene rings is 2. The summed E-state index contributed by atoms with van der Waals surface area (Å²) in [7, 11) is 0. The molecule has 0 unspecified atom stereocenters. The zero-order chi connectivity index (χ0) is 12.3. The number of hydrogen-bond acceptors (Lipinski definition) is 1. The van der Waals surface area contributed by atoms with E-state index < -0.39 is 0 Å². The van der Waals surface area contributed by atoms with E-state index in [1.54, 1.807) is 6.07 Å². The van der Waals surface area contributed by atoms with Crippen LogP contribution in [0.3, 0.4) is 0 Å². The van der Waals surface area contributed by atoms with Crippen molar-refractivity contribution in [2.75, 3.05) is 5.73 Å². The maximum Gasteiger partial charge on any atom is 0.0493 e. The molecule has 17 heavy (non-hydrogen) atoms. The van der Waals surface area contributed by atoms with Gasteiger partial charge in [-0.15, -0.1) is 0 Å². The largest absolute Gasteiger partial charge is 0.399 e. The molecular weight excluding hydrogens is 253 g/mol. The summed E-state index contributed by atoms with van der Waals surface area (Å²) in [5.74, 6) is 0. The van der Waals surface area contributed by atoms with Gasteiger partial charge in [-0.2, -0.15) is 0 Å². The normalized spacial score (nSPS) is 10.9. The van der Waals surface area contributed by atoms with E-state index >= 15 is 0 Å². The van der Waals surface area contributed by atoms with Crippen molar-refractivity contribution in [3.8, 4) is 0 Å². The van der Waals surface area contributed by atoms with Crippen LogP contribution in [0, 0.1) is 0 Å². The number of nitrogen functional groups attached to an aromatic ring is 1. The molecule has 0 saturated heterocycles. The number of anilines is 1. The Morgan fingerprint density at radius 2 is 1.59 bits per heavy atom. The van der Waals surface area contributed by atoms with Gasteiger partial charge in [0.05, 0.1) is 0 Å². The molecule has 0 atom stereocenters. The maximum atomic E-state index is 6.07. The molecule has 1 nitrogen and oxygen atoms in total. The van der Waals surface area contributed by atoms with Gasteiger partial charge in [-0.05, 0) is 35.4 Å². The Labute approximate surface area is 110 Å². The molecule has 0 fully saturated rings. The van der Waals surface area contributed by atoms with E-state index in [9.17, 15) is 0 Å². The summed E-state index contributed by atoms with van der Waals surface area (Å²) < 4.78 is 0.